The maximum absolute atomic E-state index is 11.6. The number of hydrogen-bond donors (Lipinski definition) is 1. The Bertz CT molecular complexity index is 686. The van der Waals surface area contributed by atoms with Gasteiger partial charge in [0.05, 0.1) is 24.4 Å². The van der Waals surface area contributed by atoms with Gasteiger partial charge in [0.25, 0.3) is 0 Å². The fraction of sp³-hybridized carbons (Fsp3) is 0.857. The summed E-state index contributed by atoms with van der Waals surface area (Å²) in [6.07, 6.45) is 2.60. The van der Waals surface area contributed by atoms with Crippen molar-refractivity contribution in [3.63, 3.8) is 0 Å². The van der Waals surface area contributed by atoms with Gasteiger partial charge in [0.15, 0.2) is 5.79 Å². The van der Waals surface area contributed by atoms with E-state index in [2.05, 4.69) is 22.5 Å². The molecule has 162 valence electrons. The van der Waals surface area contributed by atoms with Gasteiger partial charge in [0.1, 0.15) is 36.3 Å². The molecule has 6 saturated heterocycles. The van der Waals surface area contributed by atoms with Gasteiger partial charge in [-0.05, 0) is 30.7 Å². The third-order valence-corrected chi connectivity index (χ3v) is 7.18. The van der Waals surface area contributed by atoms with E-state index in [9.17, 15) is 9.90 Å². The van der Waals surface area contributed by atoms with Gasteiger partial charge < -0.3 is 28.8 Å². The molecule has 0 aromatic rings. The lowest BCUT2D eigenvalue weighted by Gasteiger charge is -2.47. The normalized spacial score (nSPS) is 48.2. The minimum Gasteiger partial charge on any atom is -0.393 e. The highest BCUT2D eigenvalue weighted by molar-refractivity contribution is 9.11. The SMILES string of the molecule is C=C(Br)C[C@H](O)CC[C@@]12C[C@H]3O[C@H]4[C@@H](O1)[C@H]1O[C@@H](CC(C)=O)CC[C@@H]1O[C@H]4[C@H]3O2. The van der Waals surface area contributed by atoms with Gasteiger partial charge in [-0.2, -0.15) is 0 Å². The van der Waals surface area contributed by atoms with Crippen LogP contribution in [-0.4, -0.2) is 71.6 Å². The maximum atomic E-state index is 11.6. The molecule has 29 heavy (non-hydrogen) atoms. The predicted octanol–water partition coefficient (Wildman–Crippen LogP) is 2.37. The average molecular weight is 473 g/mol. The lowest BCUT2D eigenvalue weighted by molar-refractivity contribution is -0.292. The number of halogens is 1. The van der Waals surface area contributed by atoms with Crippen LogP contribution in [0.3, 0.4) is 0 Å². The fourth-order valence-corrected chi connectivity index (χ4v) is 6.07. The summed E-state index contributed by atoms with van der Waals surface area (Å²) in [6.45, 7) is 5.40. The average Bonchev–Trinajstić information content (AvgIpc) is 3.04. The van der Waals surface area contributed by atoms with E-state index in [1.165, 1.54) is 0 Å². The Morgan fingerprint density at radius 1 is 1.10 bits per heavy atom. The Balaban J connectivity index is 1.34. The molecule has 6 rings (SSSR count). The summed E-state index contributed by atoms with van der Waals surface area (Å²) in [5.41, 5.74) is 0. The first-order chi connectivity index (χ1) is 13.8. The molecule has 0 aromatic carbocycles. The summed E-state index contributed by atoms with van der Waals surface area (Å²) in [5, 5.41) is 10.3. The quantitative estimate of drug-likeness (QED) is 0.608. The monoisotopic (exact) mass is 472 g/mol. The highest BCUT2D eigenvalue weighted by Gasteiger charge is 2.68. The van der Waals surface area contributed by atoms with Crippen LogP contribution in [0.1, 0.15) is 51.9 Å². The molecule has 0 spiro atoms. The number of ether oxygens (including phenoxy) is 5. The summed E-state index contributed by atoms with van der Waals surface area (Å²) >= 11 is 3.31. The van der Waals surface area contributed by atoms with Gasteiger partial charge in [0, 0.05) is 25.7 Å². The summed E-state index contributed by atoms with van der Waals surface area (Å²) in [6, 6.07) is 0. The first-order valence-corrected chi connectivity index (χ1v) is 11.5. The number of hydrogen-bond acceptors (Lipinski definition) is 7. The van der Waals surface area contributed by atoms with Gasteiger partial charge in [0.2, 0.25) is 0 Å². The van der Waals surface area contributed by atoms with Crippen LogP contribution in [-0.2, 0) is 28.5 Å². The van der Waals surface area contributed by atoms with Gasteiger partial charge >= 0.3 is 0 Å². The second-order valence-electron chi connectivity index (χ2n) is 9.18. The number of rotatable bonds is 7. The van der Waals surface area contributed by atoms with Crippen LogP contribution in [0.25, 0.3) is 0 Å². The molecule has 6 aliphatic rings. The summed E-state index contributed by atoms with van der Waals surface area (Å²) in [7, 11) is 0. The lowest BCUT2D eigenvalue weighted by atomic mass is 9.86. The van der Waals surface area contributed by atoms with Crippen LogP contribution in [0.15, 0.2) is 11.1 Å². The minimum absolute atomic E-state index is 0.0496. The third-order valence-electron chi connectivity index (χ3n) is 6.86. The Hall–Kier alpha value is -0.350. The van der Waals surface area contributed by atoms with Crippen molar-refractivity contribution in [1.29, 1.82) is 0 Å². The zero-order chi connectivity index (χ0) is 20.3. The van der Waals surface area contributed by atoms with Crippen molar-refractivity contribution in [3.8, 4) is 0 Å². The lowest BCUT2D eigenvalue weighted by Crippen LogP contribution is -2.61. The summed E-state index contributed by atoms with van der Waals surface area (Å²) < 4.78 is 32.8. The van der Waals surface area contributed by atoms with E-state index in [0.29, 0.717) is 32.1 Å². The van der Waals surface area contributed by atoms with E-state index in [1.54, 1.807) is 6.92 Å². The molecule has 7 nitrogen and oxygen atoms in total. The topological polar surface area (TPSA) is 83.5 Å². The Labute approximate surface area is 179 Å². The van der Waals surface area contributed by atoms with Crippen molar-refractivity contribution in [2.24, 2.45) is 0 Å². The Kier molecular flexibility index (Phi) is 5.42. The molecule has 8 heteroatoms. The molecule has 0 aliphatic carbocycles. The highest BCUT2D eigenvalue weighted by Crippen LogP contribution is 2.53. The van der Waals surface area contributed by atoms with E-state index >= 15 is 0 Å². The molecule has 1 N–H and O–H groups in total. The van der Waals surface area contributed by atoms with E-state index in [1.807, 2.05) is 0 Å². The second-order valence-corrected chi connectivity index (χ2v) is 10.3. The molecule has 10 atom stereocenters. The van der Waals surface area contributed by atoms with Crippen LogP contribution in [0.4, 0.5) is 0 Å². The summed E-state index contributed by atoms with van der Waals surface area (Å²) in [4.78, 5) is 11.6. The number of ketones is 1. The van der Waals surface area contributed by atoms with Gasteiger partial charge in [-0.15, -0.1) is 0 Å². The van der Waals surface area contributed by atoms with Crippen molar-refractivity contribution in [2.45, 2.75) is 113 Å². The molecule has 0 unspecified atom stereocenters. The largest absolute Gasteiger partial charge is 0.393 e. The third kappa shape index (κ3) is 3.75. The molecule has 6 heterocycles. The molecule has 6 fully saturated rings. The molecule has 6 aliphatic heterocycles. The van der Waals surface area contributed by atoms with Crippen LogP contribution < -0.4 is 0 Å². The molecule has 0 radical (unpaired) electrons. The van der Waals surface area contributed by atoms with E-state index < -0.39 is 11.9 Å². The zero-order valence-electron chi connectivity index (χ0n) is 16.6. The van der Waals surface area contributed by atoms with Crippen LogP contribution in [0, 0.1) is 0 Å². The number of carbonyl (C=O) groups is 1. The summed E-state index contributed by atoms with van der Waals surface area (Å²) in [5.74, 6) is -0.653. The molecule has 0 saturated carbocycles. The smallest absolute Gasteiger partial charge is 0.172 e. The number of aliphatic hydroxyl groups excluding tert-OH is 1. The van der Waals surface area contributed by atoms with E-state index in [4.69, 9.17) is 23.7 Å². The van der Waals surface area contributed by atoms with Crippen molar-refractivity contribution in [1.82, 2.24) is 0 Å². The molecular formula is C21H29BrO7. The first-order valence-electron chi connectivity index (χ1n) is 10.7. The number of Topliss-reactive ketones (excluding diaryl/α,β-unsaturated/α-hetero) is 1. The second kappa shape index (κ2) is 7.65. The number of aliphatic hydroxyl groups is 1. The molecule has 6 bridgehead atoms. The molecule has 0 amide bonds. The van der Waals surface area contributed by atoms with Crippen molar-refractivity contribution < 1.29 is 33.6 Å². The predicted molar refractivity (Wildman–Crippen MR) is 106 cm³/mol. The van der Waals surface area contributed by atoms with Crippen LogP contribution in [0.5, 0.6) is 0 Å². The van der Waals surface area contributed by atoms with Gasteiger partial charge in [-0.25, -0.2) is 0 Å². The van der Waals surface area contributed by atoms with Crippen LogP contribution in [0.2, 0.25) is 0 Å². The number of carbonyl (C=O) groups excluding carboxylic acids is 1. The van der Waals surface area contributed by atoms with Crippen molar-refractivity contribution >= 4 is 21.7 Å². The van der Waals surface area contributed by atoms with Gasteiger partial charge in [-0.1, -0.05) is 22.5 Å². The zero-order valence-corrected chi connectivity index (χ0v) is 18.2. The minimum atomic E-state index is -0.784. The fourth-order valence-electron chi connectivity index (χ4n) is 5.69. The molecule has 0 aromatic heterocycles. The standard InChI is InChI=1S/C21H29BrO7/c1-10(22)7-12(24)5-6-21-9-15-17(28-21)18-19(27-15)20(29-21)16-14(26-18)4-3-13(25-16)8-11(2)23/h12-20,24H,1,3-9H2,2H3/t12-,13-,14+,15-,16+,17+,18+,19-,20+,21+/m1/s1. The highest BCUT2D eigenvalue weighted by atomic mass is 79.9. The van der Waals surface area contributed by atoms with Crippen molar-refractivity contribution in [2.75, 3.05) is 0 Å². The Morgan fingerprint density at radius 2 is 1.83 bits per heavy atom. The maximum Gasteiger partial charge on any atom is 0.172 e. The van der Waals surface area contributed by atoms with Crippen LogP contribution >= 0.6 is 15.9 Å². The number of fused-ring (bicyclic) bond motifs is 1. The van der Waals surface area contributed by atoms with Crippen molar-refractivity contribution in [3.05, 3.63) is 11.1 Å². The van der Waals surface area contributed by atoms with E-state index in [-0.39, 0.29) is 54.6 Å². The first kappa shape index (κ1) is 20.5. The molecular weight excluding hydrogens is 444 g/mol. The Morgan fingerprint density at radius 3 is 2.59 bits per heavy atom. The van der Waals surface area contributed by atoms with Gasteiger partial charge in [-0.3, -0.25) is 4.79 Å². The van der Waals surface area contributed by atoms with E-state index in [0.717, 1.165) is 17.3 Å².